The van der Waals surface area contributed by atoms with Gasteiger partial charge in [0.15, 0.2) is 0 Å². The second-order valence-electron chi connectivity index (χ2n) is 10.7. The highest BCUT2D eigenvalue weighted by Crippen LogP contribution is 2.28. The lowest BCUT2D eigenvalue weighted by Gasteiger charge is -2.34. The largest absolute Gasteiger partial charge is 0.390 e. The number of hydrogen-bond acceptors (Lipinski definition) is 8. The van der Waals surface area contributed by atoms with Gasteiger partial charge in [0.05, 0.1) is 18.8 Å². The van der Waals surface area contributed by atoms with Crippen LogP contribution < -0.4 is 16.0 Å². The molecular weight excluding hydrogens is 480 g/mol. The van der Waals surface area contributed by atoms with Gasteiger partial charge in [0.2, 0.25) is 12.4 Å². The first-order valence-electron chi connectivity index (χ1n) is 13.3. The Morgan fingerprint density at radius 1 is 1.16 bits per heavy atom. The van der Waals surface area contributed by atoms with Gasteiger partial charge in [0.25, 0.3) is 0 Å². The van der Waals surface area contributed by atoms with Gasteiger partial charge in [-0.15, -0.1) is 0 Å². The van der Waals surface area contributed by atoms with E-state index in [1.807, 2.05) is 0 Å². The Hall–Kier alpha value is -3.01. The molecule has 0 fully saturated rings. The van der Waals surface area contributed by atoms with E-state index in [1.54, 1.807) is 19.5 Å². The highest BCUT2D eigenvalue weighted by molar-refractivity contribution is 5.71. The van der Waals surface area contributed by atoms with E-state index in [9.17, 15) is 4.79 Å². The number of hydrogen-bond donors (Lipinski definition) is 3. The van der Waals surface area contributed by atoms with Crippen molar-refractivity contribution >= 4 is 18.2 Å². The van der Waals surface area contributed by atoms with Crippen LogP contribution in [0.2, 0.25) is 0 Å². The van der Waals surface area contributed by atoms with E-state index < -0.39 is 0 Å². The Balaban J connectivity index is 2.14. The van der Waals surface area contributed by atoms with E-state index in [-0.39, 0.29) is 11.6 Å². The molecule has 2 aromatic rings. The van der Waals surface area contributed by atoms with Crippen molar-refractivity contribution < 1.29 is 14.3 Å². The Kier molecular flexibility index (Phi) is 13.2. The van der Waals surface area contributed by atoms with Gasteiger partial charge in [-0.05, 0) is 50.4 Å². The molecule has 2 rings (SSSR count). The Labute approximate surface area is 228 Å². The number of anilines is 2. The normalized spacial score (nSPS) is 12.4. The summed E-state index contributed by atoms with van der Waals surface area (Å²) >= 11 is 0. The predicted molar refractivity (Wildman–Crippen MR) is 154 cm³/mol. The first-order valence-corrected chi connectivity index (χ1v) is 13.3. The quantitative estimate of drug-likeness (QED) is 0.189. The number of ether oxygens (including phenoxy) is 2. The fourth-order valence-electron chi connectivity index (χ4n) is 4.12. The van der Waals surface area contributed by atoms with Gasteiger partial charge < -0.3 is 25.4 Å². The summed E-state index contributed by atoms with van der Waals surface area (Å²) < 4.78 is 11.2. The topological polar surface area (TPSA) is 101 Å². The number of nitrogens with zero attached hydrogens (tertiary/aromatic N) is 3. The molecule has 38 heavy (non-hydrogen) atoms. The second kappa shape index (κ2) is 16.1. The number of carbonyl (C=O) groups is 1. The molecule has 0 radical (unpaired) electrons. The highest BCUT2D eigenvalue weighted by Gasteiger charge is 2.22. The summed E-state index contributed by atoms with van der Waals surface area (Å²) in [6, 6.07) is 8.99. The summed E-state index contributed by atoms with van der Waals surface area (Å²) in [6.45, 7) is 18.7. The Morgan fingerprint density at radius 2 is 1.89 bits per heavy atom. The van der Waals surface area contributed by atoms with Gasteiger partial charge in [0, 0.05) is 51.1 Å². The molecule has 9 heteroatoms. The lowest BCUT2D eigenvalue weighted by molar-refractivity contribution is -0.105. The molecule has 0 aliphatic rings. The van der Waals surface area contributed by atoms with Crippen LogP contribution in [0.15, 0.2) is 43.2 Å². The maximum absolute atomic E-state index is 10.9. The SMILES string of the molecule is C=CNCCN(CCOC(C)(C)C)C(CC(C)C)c1ccc(CNc2ncc(COC)c(NC=O)n2)cc1. The molecule has 1 unspecified atom stereocenters. The van der Waals surface area contributed by atoms with Gasteiger partial charge in [-0.1, -0.05) is 44.7 Å². The first-order chi connectivity index (χ1) is 18.2. The Bertz CT molecular complexity index is 975. The van der Waals surface area contributed by atoms with Gasteiger partial charge in [-0.25, -0.2) is 4.98 Å². The minimum Gasteiger partial charge on any atom is -0.390 e. The van der Waals surface area contributed by atoms with Crippen LogP contribution in [0.1, 0.15) is 63.8 Å². The van der Waals surface area contributed by atoms with Crippen molar-refractivity contribution in [2.45, 2.75) is 65.8 Å². The molecule has 0 saturated carbocycles. The lowest BCUT2D eigenvalue weighted by Crippen LogP contribution is -2.38. The molecule has 0 spiro atoms. The average molecular weight is 527 g/mol. The number of methoxy groups -OCH3 is 1. The number of amides is 1. The van der Waals surface area contributed by atoms with Gasteiger partial charge in [-0.2, -0.15) is 4.98 Å². The molecule has 1 heterocycles. The molecular formula is C29H46N6O3. The van der Waals surface area contributed by atoms with Crippen LogP contribution in [0.3, 0.4) is 0 Å². The number of nitrogens with one attached hydrogen (secondary N) is 3. The van der Waals surface area contributed by atoms with Gasteiger partial charge in [0.1, 0.15) is 5.82 Å². The average Bonchev–Trinajstić information content (AvgIpc) is 2.86. The van der Waals surface area contributed by atoms with Crippen LogP contribution in [0.5, 0.6) is 0 Å². The van der Waals surface area contributed by atoms with Gasteiger partial charge >= 0.3 is 0 Å². The summed E-state index contributed by atoms with van der Waals surface area (Å²) in [7, 11) is 1.59. The van der Waals surface area contributed by atoms with E-state index in [2.05, 4.69) is 96.3 Å². The maximum atomic E-state index is 10.9. The number of benzene rings is 1. The summed E-state index contributed by atoms with van der Waals surface area (Å²) in [5.74, 6) is 1.43. The van der Waals surface area contributed by atoms with E-state index in [0.29, 0.717) is 49.4 Å². The summed E-state index contributed by atoms with van der Waals surface area (Å²) in [5, 5.41) is 9.10. The molecule has 0 aliphatic heterocycles. The first kappa shape index (κ1) is 31.2. The van der Waals surface area contributed by atoms with Crippen molar-refractivity contribution in [3.8, 4) is 0 Å². The molecule has 1 aromatic heterocycles. The van der Waals surface area contributed by atoms with Crippen LogP contribution >= 0.6 is 0 Å². The van der Waals surface area contributed by atoms with Crippen LogP contribution in [0, 0.1) is 5.92 Å². The maximum Gasteiger partial charge on any atom is 0.224 e. The molecule has 9 nitrogen and oxygen atoms in total. The third-order valence-electron chi connectivity index (χ3n) is 5.91. The van der Waals surface area contributed by atoms with Crippen LogP contribution in [-0.2, 0) is 27.4 Å². The molecule has 1 aromatic carbocycles. The lowest BCUT2D eigenvalue weighted by atomic mass is 9.94. The fourth-order valence-corrected chi connectivity index (χ4v) is 4.12. The van der Waals surface area contributed by atoms with Crippen molar-refractivity contribution in [3.05, 3.63) is 59.9 Å². The summed E-state index contributed by atoms with van der Waals surface area (Å²) in [4.78, 5) is 22.2. The Morgan fingerprint density at radius 3 is 2.50 bits per heavy atom. The minimum absolute atomic E-state index is 0.162. The smallest absolute Gasteiger partial charge is 0.224 e. The number of carbonyl (C=O) groups excluding carboxylic acids is 1. The monoisotopic (exact) mass is 526 g/mol. The zero-order chi connectivity index (χ0) is 28.0. The van der Waals surface area contributed by atoms with Crippen molar-refractivity contribution in [2.75, 3.05) is 44.0 Å². The summed E-state index contributed by atoms with van der Waals surface area (Å²) in [5.41, 5.74) is 2.95. The molecule has 0 saturated heterocycles. The molecule has 3 N–H and O–H groups in total. The zero-order valence-electron chi connectivity index (χ0n) is 23.9. The third-order valence-corrected chi connectivity index (χ3v) is 5.91. The van der Waals surface area contributed by atoms with E-state index >= 15 is 0 Å². The number of aromatic nitrogens is 2. The second-order valence-corrected chi connectivity index (χ2v) is 10.7. The van der Waals surface area contributed by atoms with Gasteiger partial charge in [-0.3, -0.25) is 9.69 Å². The zero-order valence-corrected chi connectivity index (χ0v) is 23.9. The summed E-state index contributed by atoms with van der Waals surface area (Å²) in [6.07, 6.45) is 5.05. The molecule has 0 aliphatic carbocycles. The standard InChI is InChI=1S/C29H46N6O3/c1-8-30-13-14-35(15-16-38-29(4,5)6)26(17-22(2)3)24-11-9-23(10-12-24)18-31-28-32-19-25(20-37-7)27(34-28)33-21-36/h8-12,19,21-22,26,30H,1,13-18,20H2,2-7H3,(H2,31,32,33,34,36). The van der Waals surface area contributed by atoms with E-state index in [0.717, 1.165) is 31.6 Å². The van der Waals surface area contributed by atoms with Crippen molar-refractivity contribution in [1.82, 2.24) is 20.2 Å². The molecule has 1 amide bonds. The fraction of sp³-hybridized carbons (Fsp3) is 0.552. The van der Waals surface area contributed by atoms with Crippen LogP contribution in [0.4, 0.5) is 11.8 Å². The molecule has 210 valence electrons. The van der Waals surface area contributed by atoms with Crippen molar-refractivity contribution in [1.29, 1.82) is 0 Å². The van der Waals surface area contributed by atoms with Crippen molar-refractivity contribution in [3.63, 3.8) is 0 Å². The molecule has 0 bridgehead atoms. The van der Waals surface area contributed by atoms with E-state index in [1.165, 1.54) is 5.56 Å². The molecule has 1 atom stereocenters. The van der Waals surface area contributed by atoms with E-state index in [4.69, 9.17) is 9.47 Å². The predicted octanol–water partition coefficient (Wildman–Crippen LogP) is 4.74. The van der Waals surface area contributed by atoms with Crippen molar-refractivity contribution in [2.24, 2.45) is 5.92 Å². The van der Waals surface area contributed by atoms with Crippen LogP contribution in [-0.4, -0.2) is 60.2 Å². The number of rotatable bonds is 18. The highest BCUT2D eigenvalue weighted by atomic mass is 16.5. The van der Waals surface area contributed by atoms with Crippen LogP contribution in [0.25, 0.3) is 0 Å². The third kappa shape index (κ3) is 11.2. The minimum atomic E-state index is -0.162.